The summed E-state index contributed by atoms with van der Waals surface area (Å²) < 4.78 is 31.6. The molecule has 0 aliphatic rings. The third-order valence-electron chi connectivity index (χ3n) is 9.66. The molecule has 0 heterocycles. The molecule has 0 aromatic rings. The Labute approximate surface area is 273 Å². The smallest absolute Gasteiger partial charge is 0.308 e. The van der Waals surface area contributed by atoms with E-state index in [1.807, 2.05) is 0 Å². The van der Waals surface area contributed by atoms with Gasteiger partial charge in [-0.15, -0.1) is 0 Å². The molecule has 0 aromatic heterocycles. The molecule has 0 aromatic carbocycles. The monoisotopic (exact) mass is 676 g/mol. The molecule has 260 valence electrons. The van der Waals surface area contributed by atoms with Gasteiger partial charge in [0.1, 0.15) is 6.61 Å². The van der Waals surface area contributed by atoms with Crippen molar-refractivity contribution >= 4 is 36.9 Å². The minimum Gasteiger partial charge on any atom is -0.481 e. The number of hydrogen-bond acceptors (Lipinski definition) is 7. The van der Waals surface area contributed by atoms with Crippen molar-refractivity contribution in [3.63, 3.8) is 0 Å². The molecule has 0 saturated carbocycles. The number of ether oxygens (including phenoxy) is 2. The Bertz CT molecular complexity index is 898. The Hall–Kier alpha value is -0.829. The first-order valence-electron chi connectivity index (χ1n) is 16.2. The van der Waals surface area contributed by atoms with Crippen LogP contribution in [0.2, 0.25) is 54.4 Å². The molecular formula is C33H68O8Si3. The van der Waals surface area contributed by atoms with Gasteiger partial charge in [0, 0.05) is 19.3 Å². The average molecular weight is 677 g/mol. The highest BCUT2D eigenvalue weighted by atomic mass is 28.4. The second-order valence-corrected chi connectivity index (χ2v) is 31.0. The van der Waals surface area contributed by atoms with E-state index < -0.39 is 37.0 Å². The van der Waals surface area contributed by atoms with E-state index in [9.17, 15) is 14.7 Å². The van der Waals surface area contributed by atoms with Gasteiger partial charge in [-0.05, 0) is 73.7 Å². The van der Waals surface area contributed by atoms with Gasteiger partial charge in [-0.1, -0.05) is 75.0 Å². The zero-order chi connectivity index (χ0) is 34.8. The van der Waals surface area contributed by atoms with Crippen LogP contribution in [-0.4, -0.2) is 80.1 Å². The van der Waals surface area contributed by atoms with Crippen LogP contribution < -0.4 is 0 Å². The molecule has 44 heavy (non-hydrogen) atoms. The SMILES string of the molecule is C=CCOC(=O)C[C@@H](C[C@@H](CCOCC[C@H](CC(=O)O)O[Si](C)(C)C(C)(C)C)O[Si](C)(C)C(C)(C)C)O[Si](C)(C)C(C)(C)C. The topological polar surface area (TPSA) is 101 Å². The van der Waals surface area contributed by atoms with Gasteiger partial charge in [0.25, 0.3) is 0 Å². The molecule has 0 fully saturated rings. The minimum absolute atomic E-state index is 0.00984. The third kappa shape index (κ3) is 15.6. The Morgan fingerprint density at radius 1 is 0.682 bits per heavy atom. The van der Waals surface area contributed by atoms with E-state index in [1.165, 1.54) is 0 Å². The molecule has 11 heteroatoms. The Morgan fingerprint density at radius 3 is 1.45 bits per heavy atom. The number of rotatable bonds is 20. The highest BCUT2D eigenvalue weighted by Gasteiger charge is 2.43. The van der Waals surface area contributed by atoms with Crippen molar-refractivity contribution in [1.29, 1.82) is 0 Å². The normalized spacial score (nSPS) is 15.9. The summed E-state index contributed by atoms with van der Waals surface area (Å²) in [4.78, 5) is 24.3. The lowest BCUT2D eigenvalue weighted by Gasteiger charge is -2.42. The second-order valence-electron chi connectivity index (χ2n) is 16.7. The predicted molar refractivity (Wildman–Crippen MR) is 189 cm³/mol. The number of carbonyl (C=O) groups excluding carboxylic acids is 1. The summed E-state index contributed by atoms with van der Waals surface area (Å²) >= 11 is 0. The predicted octanol–water partition coefficient (Wildman–Crippen LogP) is 8.94. The maximum absolute atomic E-state index is 12.7. The highest BCUT2D eigenvalue weighted by Crippen LogP contribution is 2.41. The summed E-state index contributed by atoms with van der Waals surface area (Å²) in [5, 5.41) is 9.47. The molecule has 0 aliphatic carbocycles. The summed E-state index contributed by atoms with van der Waals surface area (Å²) in [6, 6.07) is 0. The Kier molecular flexibility index (Phi) is 17.0. The van der Waals surface area contributed by atoms with Crippen molar-refractivity contribution in [2.24, 2.45) is 0 Å². The first kappa shape index (κ1) is 43.2. The van der Waals surface area contributed by atoms with Crippen molar-refractivity contribution < 1.29 is 37.4 Å². The van der Waals surface area contributed by atoms with E-state index in [0.717, 1.165) is 0 Å². The molecule has 0 spiro atoms. The van der Waals surface area contributed by atoms with E-state index in [4.69, 9.17) is 22.8 Å². The van der Waals surface area contributed by atoms with Gasteiger partial charge < -0.3 is 27.9 Å². The van der Waals surface area contributed by atoms with Gasteiger partial charge in [0.15, 0.2) is 25.0 Å². The second kappa shape index (κ2) is 17.4. The van der Waals surface area contributed by atoms with E-state index in [2.05, 4.69) is 108 Å². The first-order valence-corrected chi connectivity index (χ1v) is 25.0. The lowest BCUT2D eigenvalue weighted by Crippen LogP contribution is -2.48. The van der Waals surface area contributed by atoms with Gasteiger partial charge in [-0.2, -0.15) is 0 Å². The fraction of sp³-hybridized carbons (Fsp3) is 0.879. The van der Waals surface area contributed by atoms with Gasteiger partial charge >= 0.3 is 11.9 Å². The lowest BCUT2D eigenvalue weighted by molar-refractivity contribution is -0.144. The largest absolute Gasteiger partial charge is 0.481 e. The highest BCUT2D eigenvalue weighted by molar-refractivity contribution is 6.75. The zero-order valence-corrected chi connectivity index (χ0v) is 34.0. The van der Waals surface area contributed by atoms with Crippen LogP contribution in [0.15, 0.2) is 12.7 Å². The standard InChI is InChI=1S/C33H68O8Si3/c1-17-20-38-30(36)25-28(41-44(15,16)33(8,9)10)23-26(39-42(11,12)31(2,3)4)18-21-37-22-19-27(24-29(34)35)40-43(13,14)32(5,6)7/h17,26-28H,1,18-25H2,2-16H3,(H,34,35)/t26-,27-,28-/m1/s1. The molecule has 0 aliphatic heterocycles. The molecule has 0 amide bonds. The molecule has 0 unspecified atom stereocenters. The van der Waals surface area contributed by atoms with Crippen LogP contribution in [-0.2, 0) is 32.3 Å². The molecule has 1 N–H and O–H groups in total. The molecule has 0 saturated heterocycles. The molecule has 0 bridgehead atoms. The van der Waals surface area contributed by atoms with E-state index in [0.29, 0.717) is 32.5 Å². The summed E-state index contributed by atoms with van der Waals surface area (Å²) in [7, 11) is -6.47. The fourth-order valence-corrected chi connectivity index (χ4v) is 7.95. The van der Waals surface area contributed by atoms with Crippen LogP contribution in [0.1, 0.15) is 94.4 Å². The minimum atomic E-state index is -2.19. The van der Waals surface area contributed by atoms with Crippen LogP contribution in [0.4, 0.5) is 0 Å². The van der Waals surface area contributed by atoms with Crippen molar-refractivity contribution in [1.82, 2.24) is 0 Å². The van der Waals surface area contributed by atoms with E-state index in [-0.39, 0.29) is 52.7 Å². The van der Waals surface area contributed by atoms with Crippen LogP contribution in [0.3, 0.4) is 0 Å². The summed E-state index contributed by atoms with van der Waals surface area (Å²) in [5.41, 5.74) is 0. The van der Waals surface area contributed by atoms with Gasteiger partial charge in [-0.3, -0.25) is 9.59 Å². The summed E-state index contributed by atoms with van der Waals surface area (Å²) in [5.74, 6) is -1.17. The number of aliphatic carboxylic acids is 1. The van der Waals surface area contributed by atoms with Gasteiger partial charge in [0.2, 0.25) is 0 Å². The van der Waals surface area contributed by atoms with Gasteiger partial charge in [0.05, 0.1) is 25.0 Å². The Morgan fingerprint density at radius 2 is 1.07 bits per heavy atom. The Balaban J connectivity index is 5.79. The third-order valence-corrected chi connectivity index (χ3v) is 23.3. The molecular weight excluding hydrogens is 609 g/mol. The maximum Gasteiger partial charge on any atom is 0.308 e. The summed E-state index contributed by atoms with van der Waals surface area (Å²) in [6.45, 7) is 37.5. The van der Waals surface area contributed by atoms with E-state index in [1.54, 1.807) is 6.08 Å². The van der Waals surface area contributed by atoms with Crippen LogP contribution in [0.25, 0.3) is 0 Å². The maximum atomic E-state index is 12.7. The molecule has 0 rings (SSSR count). The number of carboxylic acid groups (broad SMARTS) is 1. The van der Waals surface area contributed by atoms with Gasteiger partial charge in [-0.25, -0.2) is 0 Å². The van der Waals surface area contributed by atoms with Crippen molar-refractivity contribution in [3.05, 3.63) is 12.7 Å². The number of carbonyl (C=O) groups is 2. The molecule has 0 radical (unpaired) electrons. The first-order chi connectivity index (χ1) is 19.6. The molecule has 3 atom stereocenters. The molecule has 8 nitrogen and oxygen atoms in total. The van der Waals surface area contributed by atoms with Crippen LogP contribution in [0, 0.1) is 0 Å². The van der Waals surface area contributed by atoms with Crippen molar-refractivity contribution in [2.75, 3.05) is 19.8 Å². The fourth-order valence-electron chi connectivity index (χ4n) is 3.80. The average Bonchev–Trinajstić information content (AvgIpc) is 2.78. The van der Waals surface area contributed by atoms with Crippen LogP contribution in [0.5, 0.6) is 0 Å². The van der Waals surface area contributed by atoms with Crippen molar-refractivity contribution in [3.8, 4) is 0 Å². The van der Waals surface area contributed by atoms with Crippen molar-refractivity contribution in [2.45, 2.75) is 167 Å². The summed E-state index contributed by atoms with van der Waals surface area (Å²) in [6.07, 6.45) is 2.48. The van der Waals surface area contributed by atoms with E-state index >= 15 is 0 Å². The number of carboxylic acids is 1. The quantitative estimate of drug-likeness (QED) is 0.0591. The number of esters is 1. The number of hydrogen-bond donors (Lipinski definition) is 1. The lowest BCUT2D eigenvalue weighted by atomic mass is 10.1. The van der Waals surface area contributed by atoms with Crippen LogP contribution >= 0.6 is 0 Å². The zero-order valence-electron chi connectivity index (χ0n) is 31.0.